The fourth-order valence-corrected chi connectivity index (χ4v) is 1.77. The van der Waals surface area contributed by atoms with Gasteiger partial charge in [0.05, 0.1) is 11.6 Å². The average molecular weight is 303 g/mol. The molecule has 116 valence electrons. The highest BCUT2D eigenvalue weighted by atomic mass is 19.4. The second-order valence-electron chi connectivity index (χ2n) is 4.53. The van der Waals surface area contributed by atoms with Gasteiger partial charge < -0.3 is 10.1 Å². The van der Waals surface area contributed by atoms with Crippen LogP contribution >= 0.6 is 0 Å². The zero-order chi connectivity index (χ0) is 15.5. The van der Waals surface area contributed by atoms with Crippen LogP contribution in [0.1, 0.15) is 19.2 Å². The van der Waals surface area contributed by atoms with Crippen molar-refractivity contribution in [3.05, 3.63) is 12.0 Å². The van der Waals surface area contributed by atoms with E-state index in [4.69, 9.17) is 0 Å². The molecule has 1 N–H and O–H groups in total. The molecule has 0 atom stereocenters. The Morgan fingerprint density at radius 3 is 2.76 bits per heavy atom. The standard InChI is InChI=1S/C12H16F3N5O/c1-3-4-16-10-8-5-17-20(2)11(8)19-9(18-10)6-21-7-12(13,14)15/h5H,3-4,6-7H2,1-2H3,(H,16,18,19). The number of hydrogen-bond acceptors (Lipinski definition) is 5. The van der Waals surface area contributed by atoms with Gasteiger partial charge in [-0.25, -0.2) is 9.97 Å². The van der Waals surface area contributed by atoms with Crippen LogP contribution in [0.25, 0.3) is 11.0 Å². The Kier molecular flexibility index (Phi) is 4.61. The first-order valence-electron chi connectivity index (χ1n) is 6.47. The summed E-state index contributed by atoms with van der Waals surface area (Å²) in [7, 11) is 1.71. The van der Waals surface area contributed by atoms with Gasteiger partial charge in [-0.05, 0) is 6.42 Å². The quantitative estimate of drug-likeness (QED) is 0.887. The number of nitrogens with zero attached hydrogens (tertiary/aromatic N) is 4. The highest BCUT2D eigenvalue weighted by molar-refractivity contribution is 5.86. The van der Waals surface area contributed by atoms with Crippen molar-refractivity contribution < 1.29 is 17.9 Å². The molecule has 0 unspecified atom stereocenters. The van der Waals surface area contributed by atoms with E-state index in [1.807, 2.05) is 6.92 Å². The summed E-state index contributed by atoms with van der Waals surface area (Å²) in [5.41, 5.74) is 0.550. The minimum absolute atomic E-state index is 0.189. The van der Waals surface area contributed by atoms with E-state index in [1.165, 1.54) is 0 Å². The second-order valence-corrected chi connectivity index (χ2v) is 4.53. The lowest BCUT2D eigenvalue weighted by atomic mass is 10.3. The third-order valence-corrected chi connectivity index (χ3v) is 2.68. The molecule has 0 aliphatic rings. The summed E-state index contributed by atoms with van der Waals surface area (Å²) < 4.78 is 42.4. The third kappa shape index (κ3) is 4.03. The van der Waals surface area contributed by atoms with Gasteiger partial charge in [-0.3, -0.25) is 4.68 Å². The molecule has 2 aromatic rings. The number of hydrogen-bond donors (Lipinski definition) is 1. The molecule has 0 aliphatic carbocycles. The molecule has 0 aromatic carbocycles. The van der Waals surface area contributed by atoms with Gasteiger partial charge in [0, 0.05) is 13.6 Å². The van der Waals surface area contributed by atoms with Crippen LogP contribution in [0.2, 0.25) is 0 Å². The first kappa shape index (κ1) is 15.5. The first-order valence-corrected chi connectivity index (χ1v) is 6.47. The van der Waals surface area contributed by atoms with Crippen molar-refractivity contribution in [1.29, 1.82) is 0 Å². The van der Waals surface area contributed by atoms with Gasteiger partial charge in [0.1, 0.15) is 19.0 Å². The van der Waals surface area contributed by atoms with Crippen molar-refractivity contribution in [1.82, 2.24) is 19.7 Å². The molecule has 21 heavy (non-hydrogen) atoms. The molecular weight excluding hydrogens is 287 g/mol. The van der Waals surface area contributed by atoms with Crippen LogP contribution in [0.4, 0.5) is 19.0 Å². The normalized spacial score (nSPS) is 12.0. The average Bonchev–Trinajstić information content (AvgIpc) is 2.77. The fraction of sp³-hybridized carbons (Fsp3) is 0.583. The third-order valence-electron chi connectivity index (χ3n) is 2.68. The molecule has 2 heterocycles. The molecule has 6 nitrogen and oxygen atoms in total. The molecule has 0 spiro atoms. The Balaban J connectivity index is 2.21. The Morgan fingerprint density at radius 1 is 1.33 bits per heavy atom. The Bertz CT molecular complexity index is 611. The highest BCUT2D eigenvalue weighted by Crippen LogP contribution is 2.20. The number of ether oxygens (including phenoxy) is 1. The number of aromatic nitrogens is 4. The van der Waals surface area contributed by atoms with Gasteiger partial charge in [0.15, 0.2) is 11.5 Å². The van der Waals surface area contributed by atoms with E-state index in [0.717, 1.165) is 11.8 Å². The van der Waals surface area contributed by atoms with Crippen LogP contribution in [0, 0.1) is 0 Å². The number of aryl methyl sites for hydroxylation is 1. The SMILES string of the molecule is CCCNc1nc(COCC(F)(F)F)nc2c1cnn2C. The van der Waals surface area contributed by atoms with E-state index in [0.29, 0.717) is 18.0 Å². The number of fused-ring (bicyclic) bond motifs is 1. The predicted molar refractivity (Wildman–Crippen MR) is 70.8 cm³/mol. The molecule has 0 fully saturated rings. The fourth-order valence-electron chi connectivity index (χ4n) is 1.77. The predicted octanol–water partition coefficient (Wildman–Crippen LogP) is 2.26. The second kappa shape index (κ2) is 6.25. The van der Waals surface area contributed by atoms with Gasteiger partial charge in [0.2, 0.25) is 0 Å². The molecule has 0 amide bonds. The lowest BCUT2D eigenvalue weighted by Crippen LogP contribution is -2.17. The number of nitrogens with one attached hydrogen (secondary N) is 1. The van der Waals surface area contributed by atoms with Gasteiger partial charge in [0.25, 0.3) is 0 Å². The Hall–Kier alpha value is -1.90. The minimum atomic E-state index is -4.36. The highest BCUT2D eigenvalue weighted by Gasteiger charge is 2.27. The summed E-state index contributed by atoms with van der Waals surface area (Å²) >= 11 is 0. The van der Waals surface area contributed by atoms with Crippen molar-refractivity contribution in [2.24, 2.45) is 7.05 Å². The van der Waals surface area contributed by atoms with Crippen molar-refractivity contribution in [3.63, 3.8) is 0 Å². The zero-order valence-electron chi connectivity index (χ0n) is 11.7. The first-order chi connectivity index (χ1) is 9.90. The van der Waals surface area contributed by atoms with Crippen molar-refractivity contribution >= 4 is 16.9 Å². The van der Waals surface area contributed by atoms with E-state index in [2.05, 4.69) is 25.1 Å². The van der Waals surface area contributed by atoms with E-state index < -0.39 is 12.8 Å². The van der Waals surface area contributed by atoms with Crippen molar-refractivity contribution in [2.75, 3.05) is 18.5 Å². The summed E-state index contributed by atoms with van der Waals surface area (Å²) in [6, 6.07) is 0. The van der Waals surface area contributed by atoms with Crippen molar-refractivity contribution in [3.8, 4) is 0 Å². The van der Waals surface area contributed by atoms with Gasteiger partial charge in [-0.2, -0.15) is 18.3 Å². The van der Waals surface area contributed by atoms with E-state index in [9.17, 15) is 13.2 Å². The van der Waals surface area contributed by atoms with Gasteiger partial charge in [-0.1, -0.05) is 6.92 Å². The molecule has 0 aliphatic heterocycles. The minimum Gasteiger partial charge on any atom is -0.369 e. The summed E-state index contributed by atoms with van der Waals surface area (Å²) in [6.07, 6.45) is -1.85. The van der Waals surface area contributed by atoms with Crippen LogP contribution in [0.15, 0.2) is 6.20 Å². The summed E-state index contributed by atoms with van der Waals surface area (Å²) in [5, 5.41) is 7.92. The lowest BCUT2D eigenvalue weighted by molar-refractivity contribution is -0.177. The maximum atomic E-state index is 12.1. The number of rotatable bonds is 6. The largest absolute Gasteiger partial charge is 0.411 e. The monoisotopic (exact) mass is 303 g/mol. The Morgan fingerprint density at radius 2 is 2.10 bits per heavy atom. The van der Waals surface area contributed by atoms with Crippen LogP contribution in [-0.4, -0.2) is 39.1 Å². The zero-order valence-corrected chi connectivity index (χ0v) is 11.7. The summed E-state index contributed by atoms with van der Waals surface area (Å²) in [5.74, 6) is 0.745. The number of anilines is 1. The van der Waals surface area contributed by atoms with Gasteiger partial charge >= 0.3 is 6.18 Å². The maximum Gasteiger partial charge on any atom is 0.411 e. The maximum absolute atomic E-state index is 12.1. The molecule has 0 saturated heterocycles. The van der Waals surface area contributed by atoms with Crippen molar-refractivity contribution in [2.45, 2.75) is 26.1 Å². The lowest BCUT2D eigenvalue weighted by Gasteiger charge is -2.09. The van der Waals surface area contributed by atoms with E-state index in [-0.39, 0.29) is 12.4 Å². The number of halogens is 3. The number of alkyl halides is 3. The van der Waals surface area contributed by atoms with E-state index in [1.54, 1.807) is 17.9 Å². The summed E-state index contributed by atoms with van der Waals surface area (Å²) in [6.45, 7) is 1.07. The van der Waals surface area contributed by atoms with Crippen LogP contribution in [-0.2, 0) is 18.4 Å². The molecule has 0 saturated carbocycles. The van der Waals surface area contributed by atoms with Crippen LogP contribution in [0.3, 0.4) is 0 Å². The Labute approximate surface area is 119 Å². The van der Waals surface area contributed by atoms with Gasteiger partial charge in [-0.15, -0.1) is 0 Å². The topological polar surface area (TPSA) is 64.9 Å². The van der Waals surface area contributed by atoms with E-state index >= 15 is 0 Å². The summed E-state index contributed by atoms with van der Waals surface area (Å²) in [4.78, 5) is 8.38. The molecule has 0 bridgehead atoms. The molecular formula is C12H16F3N5O. The molecule has 2 rings (SSSR count). The van der Waals surface area contributed by atoms with Crippen LogP contribution < -0.4 is 5.32 Å². The van der Waals surface area contributed by atoms with Crippen LogP contribution in [0.5, 0.6) is 0 Å². The molecule has 2 aromatic heterocycles. The molecule has 9 heteroatoms. The molecule has 0 radical (unpaired) electrons. The smallest absolute Gasteiger partial charge is 0.369 e.